The van der Waals surface area contributed by atoms with Crippen molar-refractivity contribution in [2.75, 3.05) is 5.73 Å². The summed E-state index contributed by atoms with van der Waals surface area (Å²) >= 11 is 5.40. The maximum atomic E-state index is 12.5. The van der Waals surface area contributed by atoms with E-state index in [1.54, 1.807) is 0 Å². The molecular weight excluding hydrogens is 214 g/mol. The Morgan fingerprint density at radius 1 is 1.64 bits per heavy atom. The molecule has 14 heavy (non-hydrogen) atoms. The molecule has 0 spiro atoms. The average Bonchev–Trinajstić information content (AvgIpc) is 2.16. The van der Waals surface area contributed by atoms with Gasteiger partial charge >= 0.3 is 0 Å². The topological polar surface area (TPSA) is 56.0 Å². The van der Waals surface area contributed by atoms with Gasteiger partial charge in [0.15, 0.2) is 6.29 Å². The van der Waals surface area contributed by atoms with E-state index in [0.29, 0.717) is 6.29 Å². The lowest BCUT2D eigenvalue weighted by Crippen LogP contribution is -2.05. The highest BCUT2D eigenvalue weighted by atomic mass is 35.5. The summed E-state index contributed by atoms with van der Waals surface area (Å²) in [6.45, 7) is 0. The molecule has 0 saturated carbocycles. The Balaban J connectivity index is 3.38. The lowest BCUT2D eigenvalue weighted by Gasteiger charge is -2.09. The van der Waals surface area contributed by atoms with Crippen LogP contribution in [0, 0.1) is 0 Å². The Kier molecular flexibility index (Phi) is 3.35. The van der Waals surface area contributed by atoms with Crippen LogP contribution in [-0.4, -0.2) is 11.3 Å². The molecule has 0 aliphatic heterocycles. The number of carbonyl (C=O) groups excluding carboxylic acids is 1. The Bertz CT molecular complexity index is 357. The Hall–Kier alpha value is -1.23. The van der Waals surface area contributed by atoms with E-state index >= 15 is 0 Å². The van der Waals surface area contributed by atoms with Crippen molar-refractivity contribution in [2.24, 2.45) is 0 Å². The van der Waals surface area contributed by atoms with Gasteiger partial charge in [-0.15, -0.1) is 11.6 Å². The van der Waals surface area contributed by atoms with Crippen LogP contribution in [0.4, 0.5) is 14.5 Å². The van der Waals surface area contributed by atoms with E-state index in [1.165, 1.54) is 0 Å². The molecule has 1 aromatic heterocycles. The van der Waals surface area contributed by atoms with E-state index in [2.05, 4.69) is 4.98 Å². The first-order valence-corrected chi connectivity index (χ1v) is 4.21. The van der Waals surface area contributed by atoms with Gasteiger partial charge in [0.05, 0.1) is 28.4 Å². The van der Waals surface area contributed by atoms with Crippen LogP contribution < -0.4 is 5.73 Å². The van der Waals surface area contributed by atoms with Gasteiger partial charge in [0.2, 0.25) is 0 Å². The van der Waals surface area contributed by atoms with E-state index in [-0.39, 0.29) is 22.8 Å². The van der Waals surface area contributed by atoms with Crippen molar-refractivity contribution in [3.05, 3.63) is 23.0 Å². The molecule has 0 bridgehead atoms. The molecule has 0 radical (unpaired) electrons. The maximum absolute atomic E-state index is 12.5. The number of pyridine rings is 1. The molecule has 0 atom stereocenters. The largest absolute Gasteiger partial charge is 0.398 e. The highest BCUT2D eigenvalue weighted by Gasteiger charge is 2.19. The Morgan fingerprint density at radius 2 is 2.29 bits per heavy atom. The molecule has 1 rings (SSSR count). The third-order valence-electron chi connectivity index (χ3n) is 1.74. The molecule has 0 aromatic carbocycles. The zero-order valence-corrected chi connectivity index (χ0v) is 7.76. The molecule has 1 aromatic rings. The van der Waals surface area contributed by atoms with Crippen LogP contribution in [0.25, 0.3) is 0 Å². The average molecular weight is 221 g/mol. The van der Waals surface area contributed by atoms with Gasteiger partial charge in [-0.3, -0.25) is 9.78 Å². The molecule has 0 saturated heterocycles. The van der Waals surface area contributed by atoms with Crippen molar-refractivity contribution in [1.29, 1.82) is 0 Å². The first-order valence-electron chi connectivity index (χ1n) is 3.68. The molecule has 6 heteroatoms. The lowest BCUT2D eigenvalue weighted by molar-refractivity contribution is 0.112. The molecule has 0 amide bonds. The second kappa shape index (κ2) is 4.32. The second-order valence-corrected chi connectivity index (χ2v) is 2.81. The van der Waals surface area contributed by atoms with Crippen LogP contribution >= 0.6 is 11.6 Å². The molecule has 1 heterocycles. The second-order valence-electron chi connectivity index (χ2n) is 2.54. The Morgan fingerprint density at radius 3 is 2.71 bits per heavy atom. The summed E-state index contributed by atoms with van der Waals surface area (Å²) in [5, 5.41) is 0. The van der Waals surface area contributed by atoms with Gasteiger partial charge in [-0.2, -0.15) is 0 Å². The summed E-state index contributed by atoms with van der Waals surface area (Å²) in [6, 6.07) is 0. The van der Waals surface area contributed by atoms with Gasteiger partial charge in [-0.25, -0.2) is 8.78 Å². The molecule has 3 nitrogen and oxygen atoms in total. The predicted molar refractivity (Wildman–Crippen MR) is 48.6 cm³/mol. The van der Waals surface area contributed by atoms with E-state index in [1.807, 2.05) is 0 Å². The van der Waals surface area contributed by atoms with Gasteiger partial charge in [0, 0.05) is 6.20 Å². The number of anilines is 1. The third-order valence-corrected chi connectivity index (χ3v) is 2.00. The fourth-order valence-electron chi connectivity index (χ4n) is 1.04. The molecular formula is C8H7ClF2N2O. The summed E-state index contributed by atoms with van der Waals surface area (Å²) in [4.78, 5) is 14.0. The minimum Gasteiger partial charge on any atom is -0.398 e. The molecule has 0 aliphatic carbocycles. The van der Waals surface area contributed by atoms with E-state index in [9.17, 15) is 13.6 Å². The molecule has 76 valence electrons. The van der Waals surface area contributed by atoms with Crippen LogP contribution in [0.3, 0.4) is 0 Å². The number of carbonyl (C=O) groups is 1. The van der Waals surface area contributed by atoms with Gasteiger partial charge < -0.3 is 5.73 Å². The minimum absolute atomic E-state index is 0.00441. The fourth-order valence-corrected chi connectivity index (χ4v) is 1.25. The predicted octanol–water partition coefficient (Wildman–Crippen LogP) is 2.15. The normalized spacial score (nSPS) is 10.6. The number of hydrogen-bond donors (Lipinski definition) is 1. The zero-order chi connectivity index (χ0) is 10.7. The van der Waals surface area contributed by atoms with Gasteiger partial charge in [-0.1, -0.05) is 0 Å². The number of rotatable bonds is 3. The number of nitrogens with zero attached hydrogens (tertiary/aromatic N) is 1. The number of nitrogen functional groups attached to an aromatic ring is 1. The standard InChI is InChI=1S/C8H7ClF2N2O/c9-1-5-6(8(10)11)7(12)4(3-14)2-13-5/h2-3,8H,1H2,(H2,12,13). The van der Waals surface area contributed by atoms with Crippen LogP contribution in [0.1, 0.15) is 28.0 Å². The number of nitrogens with two attached hydrogens (primary N) is 1. The monoisotopic (exact) mass is 220 g/mol. The molecule has 0 unspecified atom stereocenters. The van der Waals surface area contributed by atoms with Crippen LogP contribution in [-0.2, 0) is 5.88 Å². The van der Waals surface area contributed by atoms with Crippen LogP contribution in [0.5, 0.6) is 0 Å². The summed E-state index contributed by atoms with van der Waals surface area (Å²) in [7, 11) is 0. The first-order chi connectivity index (χ1) is 6.61. The number of aldehydes is 1. The summed E-state index contributed by atoms with van der Waals surface area (Å²) in [5.74, 6) is -0.164. The first kappa shape index (κ1) is 10.8. The maximum Gasteiger partial charge on any atom is 0.267 e. The van der Waals surface area contributed by atoms with Gasteiger partial charge in [0.25, 0.3) is 6.43 Å². The number of halogens is 3. The summed E-state index contributed by atoms with van der Waals surface area (Å²) < 4.78 is 25.0. The van der Waals surface area contributed by atoms with Crippen molar-refractivity contribution in [3.8, 4) is 0 Å². The third kappa shape index (κ3) is 1.82. The SMILES string of the molecule is Nc1c(C=O)cnc(CCl)c1C(F)F. The van der Waals surface area contributed by atoms with Crippen molar-refractivity contribution < 1.29 is 13.6 Å². The van der Waals surface area contributed by atoms with E-state index in [0.717, 1.165) is 6.20 Å². The number of aromatic nitrogens is 1. The van der Waals surface area contributed by atoms with Crippen molar-refractivity contribution in [3.63, 3.8) is 0 Å². The number of hydrogen-bond acceptors (Lipinski definition) is 3. The van der Waals surface area contributed by atoms with Crippen molar-refractivity contribution in [2.45, 2.75) is 12.3 Å². The summed E-state index contributed by atoms with van der Waals surface area (Å²) in [5.41, 5.74) is 4.62. The number of alkyl halides is 3. The highest BCUT2D eigenvalue weighted by Crippen LogP contribution is 2.29. The molecule has 0 aliphatic rings. The van der Waals surface area contributed by atoms with Crippen molar-refractivity contribution in [1.82, 2.24) is 4.98 Å². The Labute approximate surface area is 83.9 Å². The van der Waals surface area contributed by atoms with Crippen LogP contribution in [0.2, 0.25) is 0 Å². The van der Waals surface area contributed by atoms with Gasteiger partial charge in [0.1, 0.15) is 0 Å². The van der Waals surface area contributed by atoms with E-state index < -0.39 is 12.0 Å². The quantitative estimate of drug-likeness (QED) is 0.627. The minimum atomic E-state index is -2.78. The van der Waals surface area contributed by atoms with Crippen molar-refractivity contribution >= 4 is 23.6 Å². The van der Waals surface area contributed by atoms with Gasteiger partial charge in [-0.05, 0) is 0 Å². The molecule has 0 fully saturated rings. The summed E-state index contributed by atoms with van der Waals surface area (Å²) in [6.07, 6.45) is -1.27. The smallest absolute Gasteiger partial charge is 0.267 e. The molecule has 2 N–H and O–H groups in total. The van der Waals surface area contributed by atoms with E-state index in [4.69, 9.17) is 17.3 Å². The zero-order valence-electron chi connectivity index (χ0n) is 7.01. The van der Waals surface area contributed by atoms with Crippen LogP contribution in [0.15, 0.2) is 6.20 Å². The fraction of sp³-hybridized carbons (Fsp3) is 0.250. The highest BCUT2D eigenvalue weighted by molar-refractivity contribution is 6.17. The lowest BCUT2D eigenvalue weighted by atomic mass is 10.1.